The first-order valence-corrected chi connectivity index (χ1v) is 12.2. The van der Waals surface area contributed by atoms with Crippen molar-refractivity contribution in [2.45, 2.75) is 0 Å². The maximum atomic E-state index is 4.97. The van der Waals surface area contributed by atoms with Crippen LogP contribution in [0.3, 0.4) is 0 Å². The molecule has 96 valence electrons. The third kappa shape index (κ3) is 4.38. The molecule has 1 aromatic rings. The van der Waals surface area contributed by atoms with E-state index in [9.17, 15) is 0 Å². The van der Waals surface area contributed by atoms with Crippen LogP contribution < -0.4 is 0 Å². The maximum absolute atomic E-state index is 4.97. The van der Waals surface area contributed by atoms with E-state index in [0.717, 1.165) is 0 Å². The van der Waals surface area contributed by atoms with Gasteiger partial charge in [0.2, 0.25) is 0 Å². The summed E-state index contributed by atoms with van der Waals surface area (Å²) in [4.78, 5) is 0. The van der Waals surface area contributed by atoms with E-state index >= 15 is 0 Å². The van der Waals surface area contributed by atoms with Crippen LogP contribution >= 0.6 is 27.9 Å². The van der Waals surface area contributed by atoms with Crippen LogP contribution in [0.15, 0.2) is 72.4 Å². The first-order chi connectivity index (χ1) is 9.18. The first-order valence-electron chi connectivity index (χ1n) is 5.72. The molecule has 0 aromatic heterocycles. The second kappa shape index (κ2) is 7.52. The predicted octanol–water partition coefficient (Wildman–Crippen LogP) is 5.78. The number of hydrogen-bond acceptors (Lipinski definition) is 0. The van der Waals surface area contributed by atoms with E-state index in [1.165, 1.54) is 22.6 Å². The van der Waals surface area contributed by atoms with E-state index in [0.29, 0.717) is 0 Å². The van der Waals surface area contributed by atoms with Gasteiger partial charge in [-0.25, -0.2) is 0 Å². The van der Waals surface area contributed by atoms with Crippen LogP contribution in [-0.2, 0) is 14.7 Å². The summed E-state index contributed by atoms with van der Waals surface area (Å²) in [5, 5.41) is 0. The molecule has 0 atom stereocenters. The van der Waals surface area contributed by atoms with Crippen molar-refractivity contribution in [2.24, 2.45) is 0 Å². The number of allylic oxidation sites excluding steroid dienone is 8. The molecule has 0 amide bonds. The Morgan fingerprint density at radius 2 is 1.32 bits per heavy atom. The SMILES string of the molecule is C1=C[C]2C=CC(c3ccccc3)=C2C=C1.[Cl][Ti]([Cl])[Cl]. The molecule has 0 nitrogen and oxygen atoms in total. The molecule has 19 heavy (non-hydrogen) atoms. The molecule has 0 spiro atoms. The minimum absolute atomic E-state index is 1.29. The molecule has 1 radical (unpaired) electrons. The fourth-order valence-corrected chi connectivity index (χ4v) is 2.02. The molecule has 1 aromatic carbocycles. The summed E-state index contributed by atoms with van der Waals surface area (Å²) in [6.45, 7) is 0. The molecule has 0 saturated heterocycles. The van der Waals surface area contributed by atoms with E-state index in [-0.39, 0.29) is 0 Å². The van der Waals surface area contributed by atoms with Gasteiger partial charge in [0.05, 0.1) is 0 Å². The van der Waals surface area contributed by atoms with Gasteiger partial charge in [0.25, 0.3) is 0 Å². The van der Waals surface area contributed by atoms with Crippen molar-refractivity contribution in [1.82, 2.24) is 0 Å². The third-order valence-corrected chi connectivity index (χ3v) is 2.77. The number of hydrogen-bond donors (Lipinski definition) is 0. The molecule has 0 bridgehead atoms. The Morgan fingerprint density at radius 3 is 2.00 bits per heavy atom. The van der Waals surface area contributed by atoms with Gasteiger partial charge in [-0.1, -0.05) is 66.8 Å². The fraction of sp³-hybridized carbons (Fsp3) is 0. The standard InChI is InChI=1S/C15H11.3ClH.Ti/c1-2-6-12(7-3-1)15-11-10-13-8-4-5-9-14(13)15;;;;/h1-11H;3*1H;/q;;;;+3/p-3. The van der Waals surface area contributed by atoms with Gasteiger partial charge in [-0.3, -0.25) is 0 Å². The van der Waals surface area contributed by atoms with Crippen LogP contribution in [0.1, 0.15) is 5.56 Å². The Bertz CT molecular complexity index is 539. The van der Waals surface area contributed by atoms with Crippen molar-refractivity contribution in [3.8, 4) is 0 Å². The second-order valence-corrected chi connectivity index (χ2v) is 11.7. The molecule has 0 fully saturated rings. The average Bonchev–Trinajstić information content (AvgIpc) is 2.83. The normalized spacial score (nSPS) is 16.2. The van der Waals surface area contributed by atoms with Gasteiger partial charge >= 0.3 is 42.6 Å². The number of fused-ring (bicyclic) bond motifs is 1. The number of halogens is 3. The molecule has 0 aliphatic heterocycles. The Balaban J connectivity index is 0.000000297. The summed E-state index contributed by atoms with van der Waals surface area (Å²) in [7, 11) is 14.9. The quantitative estimate of drug-likeness (QED) is 0.566. The van der Waals surface area contributed by atoms with Gasteiger partial charge in [0.15, 0.2) is 0 Å². The molecule has 0 unspecified atom stereocenters. The van der Waals surface area contributed by atoms with E-state index in [4.69, 9.17) is 27.9 Å². The summed E-state index contributed by atoms with van der Waals surface area (Å²) in [5.41, 5.74) is 3.95. The molecule has 2 aliphatic carbocycles. The van der Waals surface area contributed by atoms with Gasteiger partial charge in [-0.15, -0.1) is 0 Å². The molecular weight excluding hydrogens is 334 g/mol. The van der Waals surface area contributed by atoms with Crippen LogP contribution in [0, 0.1) is 5.92 Å². The fourth-order valence-electron chi connectivity index (χ4n) is 2.02. The van der Waals surface area contributed by atoms with Crippen LogP contribution in [0.4, 0.5) is 0 Å². The van der Waals surface area contributed by atoms with Crippen molar-refractivity contribution in [3.05, 3.63) is 83.8 Å². The van der Waals surface area contributed by atoms with Gasteiger partial charge in [-0.2, -0.15) is 0 Å². The van der Waals surface area contributed by atoms with E-state index in [2.05, 4.69) is 66.8 Å². The zero-order valence-electron chi connectivity index (χ0n) is 9.98. The first kappa shape index (κ1) is 15.2. The van der Waals surface area contributed by atoms with Crippen molar-refractivity contribution >= 4 is 33.5 Å². The molecule has 0 saturated carbocycles. The van der Waals surface area contributed by atoms with Gasteiger partial charge in [0, 0.05) is 5.92 Å². The van der Waals surface area contributed by atoms with Gasteiger partial charge in [-0.05, 0) is 16.7 Å². The molecule has 0 N–H and O–H groups in total. The Labute approximate surface area is 131 Å². The molecular formula is C15H11Cl3Ti. The van der Waals surface area contributed by atoms with Gasteiger partial charge < -0.3 is 0 Å². The molecule has 3 rings (SSSR count). The summed E-state index contributed by atoms with van der Waals surface area (Å²) in [5.74, 6) is 1.32. The summed E-state index contributed by atoms with van der Waals surface area (Å²) in [6, 6.07) is 10.5. The van der Waals surface area contributed by atoms with Crippen LogP contribution in [0.25, 0.3) is 5.57 Å². The van der Waals surface area contributed by atoms with Crippen LogP contribution in [0.5, 0.6) is 0 Å². The predicted molar refractivity (Wildman–Crippen MR) is 81.6 cm³/mol. The summed E-state index contributed by atoms with van der Waals surface area (Å²) in [6.07, 6.45) is 12.9. The number of rotatable bonds is 1. The van der Waals surface area contributed by atoms with Crippen molar-refractivity contribution in [2.75, 3.05) is 0 Å². The van der Waals surface area contributed by atoms with Crippen LogP contribution in [0.2, 0.25) is 0 Å². The van der Waals surface area contributed by atoms with Gasteiger partial charge in [0.1, 0.15) is 0 Å². The van der Waals surface area contributed by atoms with E-state index in [1.54, 1.807) is 0 Å². The minimum atomic E-state index is -1.92. The van der Waals surface area contributed by atoms with Crippen LogP contribution in [-0.4, -0.2) is 0 Å². The average molecular weight is 345 g/mol. The monoisotopic (exact) mass is 344 g/mol. The number of benzene rings is 1. The third-order valence-electron chi connectivity index (χ3n) is 2.77. The summed E-state index contributed by atoms with van der Waals surface area (Å²) >= 11 is -1.92. The Hall–Kier alpha value is -0.236. The Kier molecular flexibility index (Phi) is 6.00. The van der Waals surface area contributed by atoms with Crippen molar-refractivity contribution in [3.63, 3.8) is 0 Å². The molecule has 2 aliphatic rings. The van der Waals surface area contributed by atoms with E-state index < -0.39 is 14.7 Å². The molecule has 0 heterocycles. The topological polar surface area (TPSA) is 0 Å². The second-order valence-electron chi connectivity index (χ2n) is 3.91. The van der Waals surface area contributed by atoms with Crippen molar-refractivity contribution in [1.29, 1.82) is 0 Å². The van der Waals surface area contributed by atoms with Crippen molar-refractivity contribution < 1.29 is 14.7 Å². The van der Waals surface area contributed by atoms with E-state index in [1.807, 2.05) is 0 Å². The molecule has 4 heteroatoms. The Morgan fingerprint density at radius 1 is 0.684 bits per heavy atom. The zero-order valence-corrected chi connectivity index (χ0v) is 13.8. The summed E-state index contributed by atoms with van der Waals surface area (Å²) < 4.78 is 0. The zero-order chi connectivity index (χ0) is 13.7.